The average molecular weight is 339 g/mol. The maximum atomic E-state index is 12.4. The Morgan fingerprint density at radius 3 is 2.65 bits per heavy atom. The van der Waals surface area contributed by atoms with E-state index >= 15 is 0 Å². The molecule has 0 aromatic heterocycles. The van der Waals surface area contributed by atoms with E-state index in [0.717, 1.165) is 10.9 Å². The molecule has 1 aliphatic carbocycles. The van der Waals surface area contributed by atoms with Gasteiger partial charge < -0.3 is 11.1 Å². The molecule has 1 aromatic rings. The van der Waals surface area contributed by atoms with E-state index in [1.807, 2.05) is 6.07 Å². The molecule has 1 saturated carbocycles. The summed E-state index contributed by atoms with van der Waals surface area (Å²) in [5.74, 6) is 1.17. The molecule has 1 aromatic carbocycles. The van der Waals surface area contributed by atoms with Crippen LogP contribution < -0.4 is 11.1 Å². The SMILES string of the molecule is CC(C)C1CCCCC1NC(=O)c1cc(N)cc(Br)c1. The average Bonchev–Trinajstić information content (AvgIpc) is 2.37. The van der Waals surface area contributed by atoms with Gasteiger partial charge in [0.05, 0.1) is 0 Å². The zero-order chi connectivity index (χ0) is 14.7. The van der Waals surface area contributed by atoms with E-state index in [9.17, 15) is 4.79 Å². The van der Waals surface area contributed by atoms with E-state index in [0.29, 0.717) is 23.1 Å². The van der Waals surface area contributed by atoms with Gasteiger partial charge in [-0.1, -0.05) is 42.6 Å². The quantitative estimate of drug-likeness (QED) is 0.819. The van der Waals surface area contributed by atoms with Crippen molar-refractivity contribution in [2.24, 2.45) is 11.8 Å². The van der Waals surface area contributed by atoms with Gasteiger partial charge in [-0.3, -0.25) is 4.79 Å². The van der Waals surface area contributed by atoms with Crippen molar-refractivity contribution in [3.8, 4) is 0 Å². The lowest BCUT2D eigenvalue weighted by molar-refractivity contribution is 0.0889. The second kappa shape index (κ2) is 6.61. The van der Waals surface area contributed by atoms with Gasteiger partial charge in [0.1, 0.15) is 0 Å². The Bertz CT molecular complexity index is 467. The highest BCUT2D eigenvalue weighted by Gasteiger charge is 2.28. The highest BCUT2D eigenvalue weighted by molar-refractivity contribution is 9.10. The first-order chi connectivity index (χ1) is 9.47. The fourth-order valence-corrected chi connectivity index (χ4v) is 3.64. The van der Waals surface area contributed by atoms with Crippen LogP contribution in [-0.4, -0.2) is 11.9 Å². The molecule has 0 spiro atoms. The number of carbonyl (C=O) groups is 1. The zero-order valence-electron chi connectivity index (χ0n) is 12.2. The second-order valence-electron chi connectivity index (χ2n) is 6.05. The second-order valence-corrected chi connectivity index (χ2v) is 6.96. The standard InChI is InChI=1S/C16H23BrN2O/c1-10(2)14-5-3-4-6-15(14)19-16(20)11-7-12(17)9-13(18)8-11/h7-10,14-15H,3-6,18H2,1-2H3,(H,19,20). The number of nitrogen functional groups attached to an aromatic ring is 1. The monoisotopic (exact) mass is 338 g/mol. The molecule has 2 unspecified atom stereocenters. The molecule has 0 bridgehead atoms. The summed E-state index contributed by atoms with van der Waals surface area (Å²) in [5, 5.41) is 3.21. The Labute approximate surface area is 129 Å². The Morgan fingerprint density at radius 2 is 2.00 bits per heavy atom. The molecule has 0 aliphatic heterocycles. The lowest BCUT2D eigenvalue weighted by Gasteiger charge is -2.35. The Morgan fingerprint density at radius 1 is 1.30 bits per heavy atom. The number of nitrogens with two attached hydrogens (primary N) is 1. The van der Waals surface area contributed by atoms with Gasteiger partial charge in [-0.05, 0) is 42.9 Å². The van der Waals surface area contributed by atoms with E-state index in [4.69, 9.17) is 5.73 Å². The molecular formula is C16H23BrN2O. The molecule has 20 heavy (non-hydrogen) atoms. The number of carbonyl (C=O) groups excluding carboxylic acids is 1. The highest BCUT2D eigenvalue weighted by atomic mass is 79.9. The number of anilines is 1. The van der Waals surface area contributed by atoms with E-state index < -0.39 is 0 Å². The van der Waals surface area contributed by atoms with Crippen molar-refractivity contribution in [2.45, 2.75) is 45.6 Å². The largest absolute Gasteiger partial charge is 0.399 e. The number of rotatable bonds is 3. The van der Waals surface area contributed by atoms with Gasteiger partial charge in [0, 0.05) is 21.8 Å². The first kappa shape index (κ1) is 15.4. The van der Waals surface area contributed by atoms with Crippen molar-refractivity contribution in [3.63, 3.8) is 0 Å². The molecule has 0 saturated heterocycles. The third-order valence-corrected chi connectivity index (χ3v) is 4.63. The lowest BCUT2D eigenvalue weighted by atomic mass is 9.78. The maximum Gasteiger partial charge on any atom is 0.251 e. The minimum absolute atomic E-state index is 0.0180. The van der Waals surface area contributed by atoms with Gasteiger partial charge >= 0.3 is 0 Å². The van der Waals surface area contributed by atoms with Crippen LogP contribution in [0.15, 0.2) is 22.7 Å². The van der Waals surface area contributed by atoms with E-state index in [2.05, 4.69) is 35.1 Å². The molecule has 2 atom stereocenters. The van der Waals surface area contributed by atoms with Crippen LogP contribution in [-0.2, 0) is 0 Å². The minimum Gasteiger partial charge on any atom is -0.399 e. The zero-order valence-corrected chi connectivity index (χ0v) is 13.7. The molecule has 110 valence electrons. The molecule has 1 aliphatic rings. The molecule has 3 N–H and O–H groups in total. The summed E-state index contributed by atoms with van der Waals surface area (Å²) in [7, 11) is 0. The molecule has 1 amide bonds. The molecule has 4 heteroatoms. The van der Waals surface area contributed by atoms with Crippen LogP contribution in [0.2, 0.25) is 0 Å². The first-order valence-corrected chi connectivity index (χ1v) is 8.13. The van der Waals surface area contributed by atoms with E-state index in [1.165, 1.54) is 19.3 Å². The van der Waals surface area contributed by atoms with Crippen molar-refractivity contribution in [3.05, 3.63) is 28.2 Å². The van der Waals surface area contributed by atoms with Crippen LogP contribution in [0.25, 0.3) is 0 Å². The van der Waals surface area contributed by atoms with Gasteiger partial charge in [-0.15, -0.1) is 0 Å². The van der Waals surface area contributed by atoms with Crippen LogP contribution >= 0.6 is 15.9 Å². The smallest absolute Gasteiger partial charge is 0.251 e. The van der Waals surface area contributed by atoms with Crippen molar-refractivity contribution in [2.75, 3.05) is 5.73 Å². The molecule has 3 nitrogen and oxygen atoms in total. The van der Waals surface area contributed by atoms with Crippen molar-refractivity contribution in [1.82, 2.24) is 5.32 Å². The van der Waals surface area contributed by atoms with Crippen molar-refractivity contribution in [1.29, 1.82) is 0 Å². The first-order valence-electron chi connectivity index (χ1n) is 7.34. The molecule has 1 fully saturated rings. The van der Waals surface area contributed by atoms with Gasteiger partial charge in [-0.2, -0.15) is 0 Å². The van der Waals surface area contributed by atoms with E-state index in [1.54, 1.807) is 12.1 Å². The highest BCUT2D eigenvalue weighted by Crippen LogP contribution is 2.30. The lowest BCUT2D eigenvalue weighted by Crippen LogP contribution is -2.43. The molecule has 0 heterocycles. The summed E-state index contributed by atoms with van der Waals surface area (Å²) in [5.41, 5.74) is 7.03. The van der Waals surface area contributed by atoms with Gasteiger partial charge in [0.15, 0.2) is 0 Å². The molecule has 2 rings (SSSR count). The van der Waals surface area contributed by atoms with Crippen LogP contribution in [0.5, 0.6) is 0 Å². The fourth-order valence-electron chi connectivity index (χ4n) is 3.13. The number of nitrogens with one attached hydrogen (secondary N) is 1. The number of amides is 1. The molecular weight excluding hydrogens is 316 g/mol. The van der Waals surface area contributed by atoms with Gasteiger partial charge in [0.25, 0.3) is 5.91 Å². The number of hydrogen-bond acceptors (Lipinski definition) is 2. The summed E-state index contributed by atoms with van der Waals surface area (Å²) < 4.78 is 0.840. The van der Waals surface area contributed by atoms with Crippen molar-refractivity contribution < 1.29 is 4.79 Å². The summed E-state index contributed by atoms with van der Waals surface area (Å²) in [4.78, 5) is 12.4. The third-order valence-electron chi connectivity index (χ3n) is 4.17. The summed E-state index contributed by atoms with van der Waals surface area (Å²) in [6, 6.07) is 5.64. The number of halogens is 1. The molecule has 0 radical (unpaired) electrons. The summed E-state index contributed by atoms with van der Waals surface area (Å²) in [6.45, 7) is 4.48. The predicted octanol–water partition coefficient (Wildman–Crippen LogP) is 3.98. The topological polar surface area (TPSA) is 55.1 Å². The minimum atomic E-state index is -0.0180. The Kier molecular flexibility index (Phi) is 5.08. The Balaban J connectivity index is 2.09. The van der Waals surface area contributed by atoms with Crippen molar-refractivity contribution >= 4 is 27.5 Å². The van der Waals surface area contributed by atoms with Crippen LogP contribution in [0, 0.1) is 11.8 Å². The fraction of sp³-hybridized carbons (Fsp3) is 0.562. The number of benzene rings is 1. The van der Waals surface area contributed by atoms with E-state index in [-0.39, 0.29) is 11.9 Å². The van der Waals surface area contributed by atoms with Crippen LogP contribution in [0.4, 0.5) is 5.69 Å². The van der Waals surface area contributed by atoms with Crippen LogP contribution in [0.3, 0.4) is 0 Å². The Hall–Kier alpha value is -1.03. The summed E-state index contributed by atoms with van der Waals surface area (Å²) >= 11 is 3.38. The predicted molar refractivity (Wildman–Crippen MR) is 86.6 cm³/mol. The third kappa shape index (κ3) is 3.75. The maximum absolute atomic E-state index is 12.4. The van der Waals surface area contributed by atoms with Crippen LogP contribution in [0.1, 0.15) is 49.9 Å². The van der Waals surface area contributed by atoms with Gasteiger partial charge in [-0.25, -0.2) is 0 Å². The van der Waals surface area contributed by atoms with Gasteiger partial charge in [0.2, 0.25) is 0 Å². The normalized spacial score (nSPS) is 22.8. The number of hydrogen-bond donors (Lipinski definition) is 2. The summed E-state index contributed by atoms with van der Waals surface area (Å²) in [6.07, 6.45) is 4.77.